The lowest BCUT2D eigenvalue weighted by Crippen LogP contribution is -2.36. The number of hydrogen-bond donors (Lipinski definition) is 1. The zero-order valence-corrected chi connectivity index (χ0v) is 17.0. The molecule has 0 unspecified atom stereocenters. The molecule has 0 spiro atoms. The highest BCUT2D eigenvalue weighted by atomic mass is 35.5. The van der Waals surface area contributed by atoms with Crippen LogP contribution < -0.4 is 10.1 Å². The number of benzene rings is 2. The molecule has 1 aromatic heterocycles. The standard InChI is InChI=1S/C22H26ClN3O2/c1-27-17-5-7-20-19(15-17)22(18-6-4-16(23)14-21(18)25-20)24-8-2-3-9-26-10-12-28-13-11-26/h4-7,14-15H,2-3,8-13H2,1H3,(H,24,25). The fourth-order valence-electron chi connectivity index (χ4n) is 3.71. The molecule has 6 heteroatoms. The van der Waals surface area contributed by atoms with E-state index in [4.69, 9.17) is 26.1 Å². The Kier molecular flexibility index (Phi) is 6.15. The summed E-state index contributed by atoms with van der Waals surface area (Å²) in [5.41, 5.74) is 2.94. The number of methoxy groups -OCH3 is 1. The number of anilines is 1. The molecule has 1 fully saturated rings. The molecule has 3 aromatic rings. The van der Waals surface area contributed by atoms with Gasteiger partial charge in [-0.1, -0.05) is 11.6 Å². The van der Waals surface area contributed by atoms with Gasteiger partial charge in [0.25, 0.3) is 0 Å². The molecule has 0 amide bonds. The number of halogens is 1. The summed E-state index contributed by atoms with van der Waals surface area (Å²) in [6.45, 7) is 5.86. The molecule has 148 valence electrons. The first kappa shape index (κ1) is 19.2. The number of fused-ring (bicyclic) bond motifs is 2. The van der Waals surface area contributed by atoms with Crippen molar-refractivity contribution in [2.24, 2.45) is 0 Å². The van der Waals surface area contributed by atoms with E-state index < -0.39 is 0 Å². The molecule has 1 N–H and O–H groups in total. The van der Waals surface area contributed by atoms with E-state index in [1.54, 1.807) is 7.11 Å². The SMILES string of the molecule is COc1ccc2nc3cc(Cl)ccc3c(NCCCCN3CCOCC3)c2c1. The minimum absolute atomic E-state index is 0.698. The second-order valence-electron chi connectivity index (χ2n) is 7.12. The summed E-state index contributed by atoms with van der Waals surface area (Å²) in [5.74, 6) is 0.831. The van der Waals surface area contributed by atoms with E-state index in [1.807, 2.05) is 36.4 Å². The van der Waals surface area contributed by atoms with Crippen LogP contribution in [0.4, 0.5) is 5.69 Å². The van der Waals surface area contributed by atoms with Crippen molar-refractivity contribution in [2.45, 2.75) is 12.8 Å². The van der Waals surface area contributed by atoms with Gasteiger partial charge in [0.05, 0.1) is 37.0 Å². The maximum Gasteiger partial charge on any atom is 0.119 e. The van der Waals surface area contributed by atoms with Crippen LogP contribution in [-0.4, -0.2) is 56.4 Å². The predicted molar refractivity (Wildman–Crippen MR) is 116 cm³/mol. The summed E-state index contributed by atoms with van der Waals surface area (Å²) in [6, 6.07) is 11.9. The summed E-state index contributed by atoms with van der Waals surface area (Å²) >= 11 is 6.20. The van der Waals surface area contributed by atoms with Crippen LogP contribution in [0.3, 0.4) is 0 Å². The largest absolute Gasteiger partial charge is 0.497 e. The Labute approximate surface area is 170 Å². The van der Waals surface area contributed by atoms with Gasteiger partial charge >= 0.3 is 0 Å². The molecule has 0 aliphatic carbocycles. The molecule has 0 bridgehead atoms. The number of aromatic nitrogens is 1. The molecule has 28 heavy (non-hydrogen) atoms. The number of ether oxygens (including phenoxy) is 2. The molecule has 1 aliphatic rings. The van der Waals surface area contributed by atoms with Gasteiger partial charge in [0, 0.05) is 35.4 Å². The number of unbranched alkanes of at least 4 members (excludes halogenated alkanes) is 1. The average molecular weight is 400 g/mol. The third-order valence-corrected chi connectivity index (χ3v) is 5.48. The van der Waals surface area contributed by atoms with Crippen molar-refractivity contribution in [1.29, 1.82) is 0 Å². The lowest BCUT2D eigenvalue weighted by atomic mass is 10.1. The molecule has 5 nitrogen and oxygen atoms in total. The van der Waals surface area contributed by atoms with Crippen LogP contribution in [0.1, 0.15) is 12.8 Å². The van der Waals surface area contributed by atoms with Crippen LogP contribution in [-0.2, 0) is 4.74 Å². The van der Waals surface area contributed by atoms with Crippen LogP contribution in [0.2, 0.25) is 5.02 Å². The Morgan fingerprint density at radius 3 is 2.75 bits per heavy atom. The smallest absolute Gasteiger partial charge is 0.119 e. The highest BCUT2D eigenvalue weighted by Crippen LogP contribution is 2.34. The first-order chi connectivity index (χ1) is 13.7. The highest BCUT2D eigenvalue weighted by Gasteiger charge is 2.12. The number of nitrogens with zero attached hydrogens (tertiary/aromatic N) is 2. The van der Waals surface area contributed by atoms with Crippen molar-refractivity contribution in [3.8, 4) is 5.75 Å². The van der Waals surface area contributed by atoms with Gasteiger partial charge in [0.1, 0.15) is 5.75 Å². The average Bonchev–Trinajstić information content (AvgIpc) is 2.73. The molecule has 1 saturated heterocycles. The molecular weight excluding hydrogens is 374 g/mol. The number of rotatable bonds is 7. The van der Waals surface area contributed by atoms with E-state index >= 15 is 0 Å². The Balaban J connectivity index is 1.52. The zero-order valence-electron chi connectivity index (χ0n) is 16.2. The molecule has 2 aromatic carbocycles. The van der Waals surface area contributed by atoms with Crippen molar-refractivity contribution in [3.05, 3.63) is 41.4 Å². The second-order valence-corrected chi connectivity index (χ2v) is 7.56. The summed E-state index contributed by atoms with van der Waals surface area (Å²) in [7, 11) is 1.69. The van der Waals surface area contributed by atoms with Gasteiger partial charge in [0.2, 0.25) is 0 Å². The normalized spacial score (nSPS) is 15.2. The topological polar surface area (TPSA) is 46.6 Å². The highest BCUT2D eigenvalue weighted by molar-refractivity contribution is 6.31. The third-order valence-electron chi connectivity index (χ3n) is 5.25. The number of pyridine rings is 1. The first-order valence-corrected chi connectivity index (χ1v) is 10.2. The van der Waals surface area contributed by atoms with Crippen LogP contribution in [0, 0.1) is 0 Å². The summed E-state index contributed by atoms with van der Waals surface area (Å²) in [4.78, 5) is 7.26. The maximum atomic E-state index is 6.20. The van der Waals surface area contributed by atoms with Crippen molar-refractivity contribution >= 4 is 39.1 Å². The Morgan fingerprint density at radius 2 is 1.93 bits per heavy atom. The Hall–Kier alpha value is -2.08. The van der Waals surface area contributed by atoms with Crippen LogP contribution >= 0.6 is 11.6 Å². The zero-order chi connectivity index (χ0) is 19.3. The van der Waals surface area contributed by atoms with E-state index in [0.29, 0.717) is 5.02 Å². The van der Waals surface area contributed by atoms with Gasteiger partial charge < -0.3 is 14.8 Å². The van der Waals surface area contributed by atoms with Crippen molar-refractivity contribution < 1.29 is 9.47 Å². The third kappa shape index (κ3) is 4.32. The summed E-state index contributed by atoms with van der Waals surface area (Å²) < 4.78 is 10.8. The predicted octanol–water partition coefficient (Wildman–Crippen LogP) is 4.57. The fourth-order valence-corrected chi connectivity index (χ4v) is 3.88. The maximum absolute atomic E-state index is 6.20. The molecular formula is C22H26ClN3O2. The van der Waals surface area contributed by atoms with E-state index in [0.717, 1.165) is 79.1 Å². The van der Waals surface area contributed by atoms with Gasteiger partial charge in [-0.05, 0) is 55.8 Å². The molecule has 0 saturated carbocycles. The minimum atomic E-state index is 0.698. The molecule has 2 heterocycles. The molecule has 1 aliphatic heterocycles. The van der Waals surface area contributed by atoms with E-state index in [9.17, 15) is 0 Å². The van der Waals surface area contributed by atoms with Crippen LogP contribution in [0.25, 0.3) is 21.8 Å². The second kappa shape index (κ2) is 8.95. The summed E-state index contributed by atoms with van der Waals surface area (Å²) in [6.07, 6.45) is 2.28. The van der Waals surface area contributed by atoms with Crippen molar-refractivity contribution in [2.75, 3.05) is 51.8 Å². The van der Waals surface area contributed by atoms with E-state index in [1.165, 1.54) is 6.42 Å². The molecule has 4 rings (SSSR count). The van der Waals surface area contributed by atoms with E-state index in [-0.39, 0.29) is 0 Å². The fraction of sp³-hybridized carbons (Fsp3) is 0.409. The summed E-state index contributed by atoms with van der Waals surface area (Å²) in [5, 5.41) is 6.51. The quantitative estimate of drug-likeness (QED) is 0.465. The molecule has 0 atom stereocenters. The lowest BCUT2D eigenvalue weighted by Gasteiger charge is -2.26. The van der Waals surface area contributed by atoms with Crippen LogP contribution in [0.15, 0.2) is 36.4 Å². The number of morpholine rings is 1. The number of nitrogens with one attached hydrogen (secondary N) is 1. The van der Waals surface area contributed by atoms with E-state index in [2.05, 4.69) is 10.2 Å². The van der Waals surface area contributed by atoms with Gasteiger partial charge in [-0.3, -0.25) is 4.90 Å². The van der Waals surface area contributed by atoms with Gasteiger partial charge in [-0.15, -0.1) is 0 Å². The first-order valence-electron chi connectivity index (χ1n) is 9.85. The number of hydrogen-bond acceptors (Lipinski definition) is 5. The van der Waals surface area contributed by atoms with Crippen LogP contribution in [0.5, 0.6) is 5.75 Å². The van der Waals surface area contributed by atoms with Crippen molar-refractivity contribution in [1.82, 2.24) is 9.88 Å². The Bertz CT molecular complexity index is 957. The monoisotopic (exact) mass is 399 g/mol. The lowest BCUT2D eigenvalue weighted by molar-refractivity contribution is 0.0373. The minimum Gasteiger partial charge on any atom is -0.497 e. The van der Waals surface area contributed by atoms with Gasteiger partial charge in [0.15, 0.2) is 0 Å². The Morgan fingerprint density at radius 1 is 1.07 bits per heavy atom. The van der Waals surface area contributed by atoms with Crippen molar-refractivity contribution in [3.63, 3.8) is 0 Å². The van der Waals surface area contributed by atoms with Gasteiger partial charge in [-0.2, -0.15) is 0 Å². The van der Waals surface area contributed by atoms with Gasteiger partial charge in [-0.25, -0.2) is 4.98 Å². The molecule has 0 radical (unpaired) electrons.